The summed E-state index contributed by atoms with van der Waals surface area (Å²) in [5.41, 5.74) is 0.668. The number of carboxylic acids is 1. The van der Waals surface area contributed by atoms with Crippen LogP contribution in [0.5, 0.6) is 0 Å². The van der Waals surface area contributed by atoms with Gasteiger partial charge in [-0.05, 0) is 27.2 Å². The van der Waals surface area contributed by atoms with Crippen LogP contribution in [0.25, 0.3) is 0 Å². The Labute approximate surface area is 110 Å². The molecule has 1 atom stereocenters. The molecule has 0 aliphatic rings. The van der Waals surface area contributed by atoms with Gasteiger partial charge in [0.2, 0.25) is 0 Å². The summed E-state index contributed by atoms with van der Waals surface area (Å²) in [6.45, 7) is 7.11. The average molecular weight is 270 g/mol. The molecule has 1 N–H and O–H groups in total. The van der Waals surface area contributed by atoms with Crippen LogP contribution in [0.1, 0.15) is 40.6 Å². The number of rotatable bonds is 5. The van der Waals surface area contributed by atoms with Gasteiger partial charge in [-0.2, -0.15) is 0 Å². The van der Waals surface area contributed by atoms with Crippen molar-refractivity contribution in [3.63, 3.8) is 0 Å². The van der Waals surface area contributed by atoms with Crippen molar-refractivity contribution in [2.45, 2.75) is 40.2 Å². The van der Waals surface area contributed by atoms with Crippen molar-refractivity contribution in [1.29, 1.82) is 0 Å². The summed E-state index contributed by atoms with van der Waals surface area (Å²) in [6, 6.07) is -0.101. The Kier molecular flexibility index (Phi) is 4.84. The zero-order chi connectivity index (χ0) is 13.9. The third-order valence-electron chi connectivity index (χ3n) is 2.79. The van der Waals surface area contributed by atoms with Gasteiger partial charge in [0.25, 0.3) is 5.91 Å². The molecular weight excluding hydrogens is 252 g/mol. The minimum atomic E-state index is -0.998. The molecule has 1 unspecified atom stereocenters. The van der Waals surface area contributed by atoms with Crippen LogP contribution in [0.15, 0.2) is 0 Å². The summed E-state index contributed by atoms with van der Waals surface area (Å²) in [4.78, 5) is 29.3. The van der Waals surface area contributed by atoms with Crippen molar-refractivity contribution < 1.29 is 14.7 Å². The van der Waals surface area contributed by atoms with Gasteiger partial charge in [0.15, 0.2) is 0 Å². The van der Waals surface area contributed by atoms with Crippen LogP contribution in [-0.2, 0) is 4.79 Å². The van der Waals surface area contributed by atoms with Crippen LogP contribution in [0.3, 0.4) is 0 Å². The number of hydrogen-bond donors (Lipinski definition) is 1. The molecule has 6 heteroatoms. The highest BCUT2D eigenvalue weighted by Crippen LogP contribution is 2.20. The quantitative estimate of drug-likeness (QED) is 0.889. The average Bonchev–Trinajstić information content (AvgIpc) is 2.63. The minimum absolute atomic E-state index is 0.101. The first-order chi connectivity index (χ1) is 8.36. The molecule has 1 rings (SSSR count). The summed E-state index contributed by atoms with van der Waals surface area (Å²) >= 11 is 1.31. The van der Waals surface area contributed by atoms with Crippen molar-refractivity contribution in [2.75, 3.05) is 6.54 Å². The summed E-state index contributed by atoms with van der Waals surface area (Å²) in [6.07, 6.45) is 0.718. The Morgan fingerprint density at radius 2 is 2.06 bits per heavy atom. The first-order valence-corrected chi connectivity index (χ1v) is 6.65. The maximum atomic E-state index is 12.3. The molecule has 18 heavy (non-hydrogen) atoms. The number of thiazole rings is 1. The van der Waals surface area contributed by atoms with Crippen LogP contribution in [-0.4, -0.2) is 39.5 Å². The summed E-state index contributed by atoms with van der Waals surface area (Å²) in [7, 11) is 0. The highest BCUT2D eigenvalue weighted by molar-refractivity contribution is 7.13. The van der Waals surface area contributed by atoms with E-state index in [1.165, 1.54) is 16.2 Å². The molecule has 0 fully saturated rings. The fourth-order valence-electron chi connectivity index (χ4n) is 1.65. The Morgan fingerprint density at radius 3 is 2.44 bits per heavy atom. The summed E-state index contributed by atoms with van der Waals surface area (Å²) < 4.78 is 0. The van der Waals surface area contributed by atoms with E-state index >= 15 is 0 Å². The van der Waals surface area contributed by atoms with Crippen molar-refractivity contribution in [2.24, 2.45) is 0 Å². The molecule has 100 valence electrons. The maximum absolute atomic E-state index is 12.3. The number of nitrogens with zero attached hydrogens (tertiary/aromatic N) is 2. The number of aryl methyl sites for hydroxylation is 2. The molecule has 0 saturated heterocycles. The number of carboxylic acid groups (broad SMARTS) is 1. The van der Waals surface area contributed by atoms with Crippen molar-refractivity contribution in [3.05, 3.63) is 15.6 Å². The maximum Gasteiger partial charge on any atom is 0.323 e. The van der Waals surface area contributed by atoms with Gasteiger partial charge < -0.3 is 10.0 Å². The third-order valence-corrected chi connectivity index (χ3v) is 3.85. The van der Waals surface area contributed by atoms with E-state index in [1.807, 2.05) is 20.8 Å². The highest BCUT2D eigenvalue weighted by atomic mass is 32.1. The van der Waals surface area contributed by atoms with E-state index in [0.29, 0.717) is 10.6 Å². The standard InChI is InChI=1S/C12H18N2O3S/c1-5-7(2)14(6-10(15)16)12(17)11-8(3)13-9(4)18-11/h7H,5-6H2,1-4H3,(H,15,16). The number of carbonyl (C=O) groups excluding carboxylic acids is 1. The zero-order valence-electron chi connectivity index (χ0n) is 11.1. The number of aliphatic carboxylic acids is 1. The lowest BCUT2D eigenvalue weighted by Gasteiger charge is -2.26. The molecule has 0 spiro atoms. The number of hydrogen-bond acceptors (Lipinski definition) is 4. The second-order valence-corrected chi connectivity index (χ2v) is 5.43. The molecule has 1 heterocycles. The molecule has 0 saturated carbocycles. The van der Waals surface area contributed by atoms with Crippen LogP contribution < -0.4 is 0 Å². The largest absolute Gasteiger partial charge is 0.480 e. The van der Waals surface area contributed by atoms with Crippen LogP contribution in [0, 0.1) is 13.8 Å². The van der Waals surface area contributed by atoms with E-state index in [9.17, 15) is 9.59 Å². The summed E-state index contributed by atoms with van der Waals surface area (Å²) in [5.74, 6) is -1.24. The van der Waals surface area contributed by atoms with Gasteiger partial charge in [-0.3, -0.25) is 9.59 Å². The van der Waals surface area contributed by atoms with Crippen molar-refractivity contribution >= 4 is 23.2 Å². The number of amides is 1. The topological polar surface area (TPSA) is 70.5 Å². The third kappa shape index (κ3) is 3.29. The van der Waals surface area contributed by atoms with Crippen molar-refractivity contribution in [1.82, 2.24) is 9.88 Å². The lowest BCUT2D eigenvalue weighted by Crippen LogP contribution is -2.41. The molecule has 1 aromatic rings. The Hall–Kier alpha value is -1.43. The molecule has 0 aliphatic carbocycles. The first kappa shape index (κ1) is 14.6. The predicted molar refractivity (Wildman–Crippen MR) is 70.0 cm³/mol. The Bertz CT molecular complexity index is 456. The van der Waals surface area contributed by atoms with E-state index in [2.05, 4.69) is 4.98 Å². The fraction of sp³-hybridized carbons (Fsp3) is 0.583. The van der Waals surface area contributed by atoms with Gasteiger partial charge in [0.05, 0.1) is 10.7 Å². The minimum Gasteiger partial charge on any atom is -0.480 e. The second-order valence-electron chi connectivity index (χ2n) is 4.23. The van der Waals surface area contributed by atoms with Crippen molar-refractivity contribution in [3.8, 4) is 0 Å². The van der Waals surface area contributed by atoms with Crippen LogP contribution in [0.4, 0.5) is 0 Å². The molecule has 5 nitrogen and oxygen atoms in total. The Balaban J connectivity index is 3.02. The van der Waals surface area contributed by atoms with Crippen LogP contribution in [0.2, 0.25) is 0 Å². The SMILES string of the molecule is CCC(C)N(CC(=O)O)C(=O)c1sc(C)nc1C. The molecule has 1 amide bonds. The summed E-state index contributed by atoms with van der Waals surface area (Å²) in [5, 5.41) is 9.71. The van der Waals surface area contributed by atoms with Crippen LogP contribution >= 0.6 is 11.3 Å². The zero-order valence-corrected chi connectivity index (χ0v) is 11.9. The molecule has 0 aromatic carbocycles. The molecule has 1 aromatic heterocycles. The number of carbonyl (C=O) groups is 2. The molecule has 0 bridgehead atoms. The van der Waals surface area contributed by atoms with Gasteiger partial charge in [-0.1, -0.05) is 6.92 Å². The molecular formula is C12H18N2O3S. The van der Waals surface area contributed by atoms with E-state index in [-0.39, 0.29) is 18.5 Å². The first-order valence-electron chi connectivity index (χ1n) is 5.83. The van der Waals surface area contributed by atoms with E-state index < -0.39 is 5.97 Å². The smallest absolute Gasteiger partial charge is 0.323 e. The van der Waals surface area contributed by atoms with Gasteiger partial charge in [-0.15, -0.1) is 11.3 Å². The lowest BCUT2D eigenvalue weighted by atomic mass is 10.2. The fourth-order valence-corrected chi connectivity index (χ4v) is 2.53. The highest BCUT2D eigenvalue weighted by Gasteiger charge is 2.25. The number of aromatic nitrogens is 1. The normalized spacial score (nSPS) is 12.2. The molecule has 0 aliphatic heterocycles. The van der Waals surface area contributed by atoms with Gasteiger partial charge in [0.1, 0.15) is 11.4 Å². The van der Waals surface area contributed by atoms with E-state index in [4.69, 9.17) is 5.11 Å². The Morgan fingerprint density at radius 1 is 1.44 bits per heavy atom. The van der Waals surface area contributed by atoms with E-state index in [1.54, 1.807) is 6.92 Å². The van der Waals surface area contributed by atoms with Gasteiger partial charge in [0, 0.05) is 6.04 Å². The monoisotopic (exact) mass is 270 g/mol. The van der Waals surface area contributed by atoms with E-state index in [0.717, 1.165) is 11.4 Å². The van der Waals surface area contributed by atoms with Gasteiger partial charge in [-0.25, -0.2) is 4.98 Å². The van der Waals surface area contributed by atoms with Gasteiger partial charge >= 0.3 is 5.97 Å². The predicted octanol–water partition coefficient (Wildman–Crippen LogP) is 2.09. The second kappa shape index (κ2) is 5.95. The lowest BCUT2D eigenvalue weighted by molar-refractivity contribution is -0.138. The molecule has 0 radical (unpaired) electrons.